The number of sulfonamides is 1. The van der Waals surface area contributed by atoms with Crippen molar-refractivity contribution >= 4 is 27.3 Å². The van der Waals surface area contributed by atoms with Crippen molar-refractivity contribution in [2.75, 3.05) is 52.9 Å². The average Bonchev–Trinajstić information content (AvgIpc) is 3.30. The van der Waals surface area contributed by atoms with Crippen molar-refractivity contribution in [3.05, 3.63) is 46.8 Å². The lowest BCUT2D eigenvalue weighted by Gasteiger charge is -2.38. The third-order valence-electron chi connectivity index (χ3n) is 6.60. The quantitative estimate of drug-likeness (QED) is 0.596. The molecule has 1 aromatic heterocycles. The summed E-state index contributed by atoms with van der Waals surface area (Å²) in [5, 5.41) is 0. The molecule has 0 N–H and O–H groups in total. The molecule has 0 bridgehead atoms. The first kappa shape index (κ1) is 24.2. The maximum Gasteiger partial charge on any atom is 0.252 e. The minimum absolute atomic E-state index is 0.104. The van der Waals surface area contributed by atoms with Crippen LogP contribution in [0, 0.1) is 12.8 Å². The Balaban J connectivity index is 1.27. The summed E-state index contributed by atoms with van der Waals surface area (Å²) < 4.78 is 33.1. The number of hydrogen-bond donors (Lipinski definition) is 0. The zero-order valence-electron chi connectivity index (χ0n) is 19.4. The summed E-state index contributed by atoms with van der Waals surface area (Å²) >= 11 is 1.29. The number of methoxy groups -OCH3 is 1. The lowest BCUT2D eigenvalue weighted by Crippen LogP contribution is -2.53. The summed E-state index contributed by atoms with van der Waals surface area (Å²) in [5.41, 5.74) is 1.28. The third kappa shape index (κ3) is 5.77. The SMILES string of the molecule is COc1ccc(CCN2CCN(C(=O)C3CCCN(S(=O)(=O)c4ccc(C)s4)C3)CC2)cc1. The molecule has 4 rings (SSSR count). The van der Waals surface area contributed by atoms with E-state index < -0.39 is 10.0 Å². The molecule has 9 heteroatoms. The summed E-state index contributed by atoms with van der Waals surface area (Å²) in [6, 6.07) is 11.7. The maximum absolute atomic E-state index is 13.2. The number of ether oxygens (including phenoxy) is 1. The first-order valence-corrected chi connectivity index (χ1v) is 13.8. The van der Waals surface area contributed by atoms with Crippen LogP contribution in [0.15, 0.2) is 40.6 Å². The van der Waals surface area contributed by atoms with Crippen molar-refractivity contribution in [3.63, 3.8) is 0 Å². The highest BCUT2D eigenvalue weighted by Crippen LogP contribution is 2.29. The number of piperazine rings is 1. The number of nitrogens with zero attached hydrogens (tertiary/aromatic N) is 3. The van der Waals surface area contributed by atoms with Crippen LogP contribution in [0.25, 0.3) is 0 Å². The van der Waals surface area contributed by atoms with Crippen molar-refractivity contribution in [1.82, 2.24) is 14.1 Å². The normalized spacial score (nSPS) is 20.7. The Hall–Kier alpha value is -1.94. The highest BCUT2D eigenvalue weighted by atomic mass is 32.2. The van der Waals surface area contributed by atoms with E-state index in [1.54, 1.807) is 13.2 Å². The molecule has 7 nitrogen and oxygen atoms in total. The van der Waals surface area contributed by atoms with Gasteiger partial charge < -0.3 is 9.64 Å². The van der Waals surface area contributed by atoms with Gasteiger partial charge in [0.05, 0.1) is 13.0 Å². The topological polar surface area (TPSA) is 70.2 Å². The molecular weight excluding hydrogens is 458 g/mol. The molecule has 0 aliphatic carbocycles. The Morgan fingerprint density at radius 1 is 1.06 bits per heavy atom. The Kier molecular flexibility index (Phi) is 7.73. The molecule has 0 radical (unpaired) electrons. The van der Waals surface area contributed by atoms with E-state index in [4.69, 9.17) is 4.74 Å². The van der Waals surface area contributed by atoms with E-state index in [9.17, 15) is 13.2 Å². The van der Waals surface area contributed by atoms with Gasteiger partial charge in [-0.25, -0.2) is 8.42 Å². The second-order valence-electron chi connectivity index (χ2n) is 8.83. The Morgan fingerprint density at radius 2 is 1.79 bits per heavy atom. The van der Waals surface area contributed by atoms with Gasteiger partial charge in [0.1, 0.15) is 9.96 Å². The van der Waals surface area contributed by atoms with Gasteiger partial charge in [0.25, 0.3) is 10.0 Å². The van der Waals surface area contributed by atoms with Gasteiger partial charge in [-0.05, 0) is 56.0 Å². The van der Waals surface area contributed by atoms with Crippen LogP contribution >= 0.6 is 11.3 Å². The summed E-state index contributed by atoms with van der Waals surface area (Å²) in [6.07, 6.45) is 2.45. The van der Waals surface area contributed by atoms with Crippen LogP contribution in [0.1, 0.15) is 23.3 Å². The van der Waals surface area contributed by atoms with Gasteiger partial charge in [-0.15, -0.1) is 11.3 Å². The van der Waals surface area contributed by atoms with Crippen molar-refractivity contribution in [2.45, 2.75) is 30.4 Å². The third-order valence-corrected chi connectivity index (χ3v) is 9.94. The fraction of sp³-hybridized carbons (Fsp3) is 0.542. The number of hydrogen-bond acceptors (Lipinski definition) is 6. The lowest BCUT2D eigenvalue weighted by molar-refractivity contribution is -0.138. The van der Waals surface area contributed by atoms with E-state index >= 15 is 0 Å². The average molecular weight is 492 g/mol. The Labute approximate surface area is 201 Å². The zero-order chi connectivity index (χ0) is 23.4. The number of amides is 1. The number of benzene rings is 1. The molecule has 2 aliphatic rings. The largest absolute Gasteiger partial charge is 0.497 e. The van der Waals surface area contributed by atoms with E-state index in [1.165, 1.54) is 21.2 Å². The van der Waals surface area contributed by atoms with Gasteiger partial charge in [-0.3, -0.25) is 9.69 Å². The van der Waals surface area contributed by atoms with E-state index in [-0.39, 0.29) is 18.4 Å². The van der Waals surface area contributed by atoms with Gasteiger partial charge in [-0.2, -0.15) is 4.31 Å². The smallest absolute Gasteiger partial charge is 0.252 e. The van der Waals surface area contributed by atoms with Gasteiger partial charge in [0.15, 0.2) is 0 Å². The van der Waals surface area contributed by atoms with Crippen molar-refractivity contribution < 1.29 is 17.9 Å². The summed E-state index contributed by atoms with van der Waals surface area (Å²) in [7, 11) is -1.85. The Morgan fingerprint density at radius 3 is 2.42 bits per heavy atom. The number of carbonyl (C=O) groups excluding carboxylic acids is 1. The number of rotatable bonds is 7. The van der Waals surface area contributed by atoms with Gasteiger partial charge in [-0.1, -0.05) is 12.1 Å². The Bertz CT molecular complexity index is 1040. The van der Waals surface area contributed by atoms with Crippen LogP contribution in [-0.4, -0.2) is 81.4 Å². The first-order valence-electron chi connectivity index (χ1n) is 11.6. The fourth-order valence-electron chi connectivity index (χ4n) is 4.57. The summed E-state index contributed by atoms with van der Waals surface area (Å²) in [4.78, 5) is 18.5. The molecule has 3 heterocycles. The molecule has 0 saturated carbocycles. The fourth-order valence-corrected chi connectivity index (χ4v) is 7.53. The standard InChI is InChI=1S/C24H33N3O4S2/c1-19-5-10-23(32-19)33(29,30)27-12-3-4-21(18-27)24(28)26-16-14-25(15-17-26)13-11-20-6-8-22(31-2)9-7-20/h5-10,21H,3-4,11-18H2,1-2H3. The minimum Gasteiger partial charge on any atom is -0.497 e. The molecule has 33 heavy (non-hydrogen) atoms. The van der Waals surface area contributed by atoms with Crippen LogP contribution in [0.4, 0.5) is 0 Å². The van der Waals surface area contributed by atoms with E-state index in [2.05, 4.69) is 17.0 Å². The van der Waals surface area contributed by atoms with Crippen LogP contribution in [0.3, 0.4) is 0 Å². The van der Waals surface area contributed by atoms with Crippen LogP contribution in [-0.2, 0) is 21.2 Å². The second kappa shape index (κ2) is 10.5. The molecule has 180 valence electrons. The molecule has 2 aliphatic heterocycles. The lowest BCUT2D eigenvalue weighted by atomic mass is 9.97. The number of aryl methyl sites for hydroxylation is 1. The first-order chi connectivity index (χ1) is 15.9. The minimum atomic E-state index is -3.52. The van der Waals surface area contributed by atoms with E-state index in [0.717, 1.165) is 49.5 Å². The van der Waals surface area contributed by atoms with Gasteiger partial charge >= 0.3 is 0 Å². The zero-order valence-corrected chi connectivity index (χ0v) is 21.0. The molecule has 0 spiro atoms. The molecule has 1 atom stereocenters. The van der Waals surface area contributed by atoms with Crippen molar-refractivity contribution in [3.8, 4) is 5.75 Å². The molecule has 2 aromatic rings. The van der Waals surface area contributed by atoms with Crippen LogP contribution in [0.2, 0.25) is 0 Å². The molecule has 1 unspecified atom stereocenters. The molecule has 2 saturated heterocycles. The molecule has 1 amide bonds. The van der Waals surface area contributed by atoms with Gasteiger partial charge in [0, 0.05) is 50.7 Å². The van der Waals surface area contributed by atoms with Crippen molar-refractivity contribution in [1.29, 1.82) is 0 Å². The number of carbonyl (C=O) groups is 1. The van der Waals surface area contributed by atoms with Crippen LogP contribution in [0.5, 0.6) is 5.75 Å². The second-order valence-corrected chi connectivity index (χ2v) is 12.3. The predicted molar refractivity (Wildman–Crippen MR) is 130 cm³/mol. The maximum atomic E-state index is 13.2. The molecular formula is C24H33N3O4S2. The molecule has 1 aromatic carbocycles. The predicted octanol–water partition coefficient (Wildman–Crippen LogP) is 2.85. The number of piperidine rings is 1. The highest BCUT2D eigenvalue weighted by molar-refractivity contribution is 7.91. The summed E-state index contributed by atoms with van der Waals surface area (Å²) in [6.45, 7) is 6.75. The highest BCUT2D eigenvalue weighted by Gasteiger charge is 2.36. The number of thiophene rings is 1. The van der Waals surface area contributed by atoms with E-state index in [0.29, 0.717) is 23.8 Å². The summed E-state index contributed by atoms with van der Waals surface area (Å²) in [5.74, 6) is 0.720. The molecule has 2 fully saturated rings. The monoisotopic (exact) mass is 491 g/mol. The van der Waals surface area contributed by atoms with Crippen molar-refractivity contribution in [2.24, 2.45) is 5.92 Å². The van der Waals surface area contributed by atoms with E-state index in [1.807, 2.05) is 30.0 Å². The van der Waals surface area contributed by atoms with Crippen LogP contribution < -0.4 is 4.74 Å². The van der Waals surface area contributed by atoms with Gasteiger partial charge in [0.2, 0.25) is 5.91 Å².